The van der Waals surface area contributed by atoms with E-state index in [0.717, 1.165) is 4.31 Å². The zero-order valence-corrected chi connectivity index (χ0v) is 16.9. The number of hydrogen-bond acceptors (Lipinski definition) is 4. The lowest BCUT2D eigenvalue weighted by atomic mass is 10.0. The molecule has 0 spiro atoms. The lowest BCUT2D eigenvalue weighted by molar-refractivity contribution is -0.143. The molecule has 6 nitrogen and oxygen atoms in total. The Morgan fingerprint density at radius 3 is 2.19 bits per heavy atom. The summed E-state index contributed by atoms with van der Waals surface area (Å²) < 4.78 is 27.8. The number of aliphatic carboxylic acids is 1. The fourth-order valence-corrected chi connectivity index (χ4v) is 4.81. The maximum Gasteiger partial charge on any atom is 0.322 e. The zero-order valence-electron chi connectivity index (χ0n) is 16.1. The summed E-state index contributed by atoms with van der Waals surface area (Å²) in [5.41, 5.74) is 0. The Morgan fingerprint density at radius 1 is 1.04 bits per heavy atom. The van der Waals surface area contributed by atoms with Crippen LogP contribution in [0.25, 0.3) is 10.8 Å². The van der Waals surface area contributed by atoms with Crippen molar-refractivity contribution in [3.63, 3.8) is 0 Å². The molecule has 0 aliphatic heterocycles. The average molecular weight is 394 g/mol. The van der Waals surface area contributed by atoms with Gasteiger partial charge in [0.15, 0.2) is 0 Å². The Morgan fingerprint density at radius 2 is 1.63 bits per heavy atom. The molecule has 0 aliphatic rings. The van der Waals surface area contributed by atoms with Gasteiger partial charge in [0.2, 0.25) is 10.0 Å². The fourth-order valence-electron chi connectivity index (χ4n) is 3.04. The second-order valence-corrected chi connectivity index (χ2v) is 9.41. The van der Waals surface area contributed by atoms with Gasteiger partial charge >= 0.3 is 5.97 Å². The van der Waals surface area contributed by atoms with E-state index < -0.39 is 22.0 Å². The number of sulfonamides is 1. The molecule has 2 rings (SSSR count). The first-order chi connectivity index (χ1) is 12.5. The monoisotopic (exact) mass is 393 g/mol. The smallest absolute Gasteiger partial charge is 0.322 e. The standard InChI is InChI=1S/C20H27NO5S/c1-13(2)9-10-21(19(14(3)4)20(23)24)27(25,26)18-8-6-15-11-17(22)7-5-16(15)12-18/h5-8,11-14,19,22H,9-10H2,1-4H3,(H,23,24)/t19-/m0/s1. The van der Waals surface area contributed by atoms with Crippen molar-refractivity contribution in [2.24, 2.45) is 11.8 Å². The van der Waals surface area contributed by atoms with Gasteiger partial charge in [-0.25, -0.2) is 8.42 Å². The van der Waals surface area contributed by atoms with Crippen LogP contribution in [0.2, 0.25) is 0 Å². The Labute approximate surface area is 160 Å². The molecular weight excluding hydrogens is 366 g/mol. The van der Waals surface area contributed by atoms with Crippen LogP contribution < -0.4 is 0 Å². The van der Waals surface area contributed by atoms with E-state index in [-0.39, 0.29) is 29.0 Å². The Hall–Kier alpha value is -2.12. The van der Waals surface area contributed by atoms with E-state index in [9.17, 15) is 23.4 Å². The number of carboxylic acid groups (broad SMARTS) is 1. The normalized spacial score (nSPS) is 13.6. The molecule has 2 aromatic carbocycles. The molecule has 7 heteroatoms. The first kappa shape index (κ1) is 21.2. The van der Waals surface area contributed by atoms with E-state index in [1.54, 1.807) is 32.0 Å². The molecule has 148 valence electrons. The number of nitrogens with zero attached hydrogens (tertiary/aromatic N) is 1. The number of carboxylic acids is 1. The van der Waals surface area contributed by atoms with Crippen LogP contribution in [0.3, 0.4) is 0 Å². The minimum Gasteiger partial charge on any atom is -0.508 e. The molecule has 0 unspecified atom stereocenters. The van der Waals surface area contributed by atoms with Gasteiger partial charge in [-0.1, -0.05) is 39.8 Å². The molecule has 1 atom stereocenters. The average Bonchev–Trinajstić information content (AvgIpc) is 2.56. The van der Waals surface area contributed by atoms with E-state index in [4.69, 9.17) is 0 Å². The van der Waals surface area contributed by atoms with E-state index in [0.29, 0.717) is 17.2 Å². The van der Waals surface area contributed by atoms with Crippen LogP contribution in [0.1, 0.15) is 34.1 Å². The minimum atomic E-state index is -4.00. The maximum absolute atomic E-state index is 13.3. The van der Waals surface area contributed by atoms with Gasteiger partial charge in [-0.3, -0.25) is 4.79 Å². The second kappa shape index (κ2) is 8.27. The molecule has 27 heavy (non-hydrogen) atoms. The first-order valence-electron chi connectivity index (χ1n) is 9.01. The third-order valence-corrected chi connectivity index (χ3v) is 6.40. The van der Waals surface area contributed by atoms with Gasteiger partial charge < -0.3 is 10.2 Å². The summed E-state index contributed by atoms with van der Waals surface area (Å²) in [6, 6.07) is 8.14. The summed E-state index contributed by atoms with van der Waals surface area (Å²) in [5, 5.41) is 20.6. The molecule has 0 saturated carbocycles. The van der Waals surface area contributed by atoms with Gasteiger partial charge in [0, 0.05) is 6.54 Å². The van der Waals surface area contributed by atoms with E-state index >= 15 is 0 Å². The molecule has 0 heterocycles. The number of fused-ring (bicyclic) bond motifs is 1. The van der Waals surface area contributed by atoms with E-state index in [1.807, 2.05) is 13.8 Å². The number of aromatic hydroxyl groups is 1. The summed E-state index contributed by atoms with van der Waals surface area (Å²) in [6.45, 7) is 7.50. The van der Waals surface area contributed by atoms with Crippen molar-refractivity contribution in [2.45, 2.75) is 45.1 Å². The summed E-state index contributed by atoms with van der Waals surface area (Å²) in [5.74, 6) is -1.18. The van der Waals surface area contributed by atoms with Gasteiger partial charge in [-0.05, 0) is 53.3 Å². The third kappa shape index (κ3) is 4.78. The van der Waals surface area contributed by atoms with Gasteiger partial charge in [-0.15, -0.1) is 0 Å². The van der Waals surface area contributed by atoms with Crippen LogP contribution in [0.5, 0.6) is 5.75 Å². The SMILES string of the molecule is CC(C)CCN([C@H](C(=O)O)C(C)C)S(=O)(=O)c1ccc2cc(O)ccc2c1. The van der Waals surface area contributed by atoms with Crippen molar-refractivity contribution < 1.29 is 23.4 Å². The highest BCUT2D eigenvalue weighted by molar-refractivity contribution is 7.89. The maximum atomic E-state index is 13.3. The quantitative estimate of drug-likeness (QED) is 0.713. The molecule has 2 N–H and O–H groups in total. The Balaban J connectivity index is 2.54. The highest BCUT2D eigenvalue weighted by atomic mass is 32.2. The molecule has 0 saturated heterocycles. The van der Waals surface area contributed by atoms with Crippen molar-refractivity contribution in [2.75, 3.05) is 6.54 Å². The van der Waals surface area contributed by atoms with Crippen molar-refractivity contribution >= 4 is 26.8 Å². The van der Waals surface area contributed by atoms with Crippen molar-refractivity contribution in [1.82, 2.24) is 4.31 Å². The molecular formula is C20H27NO5S. The summed E-state index contributed by atoms with van der Waals surface area (Å²) in [7, 11) is -4.00. The van der Waals surface area contributed by atoms with Crippen LogP contribution in [0.4, 0.5) is 0 Å². The molecule has 0 fully saturated rings. The highest BCUT2D eigenvalue weighted by Crippen LogP contribution is 2.27. The molecule has 0 aliphatic carbocycles. The van der Waals surface area contributed by atoms with Gasteiger partial charge in [0.1, 0.15) is 11.8 Å². The number of rotatable bonds is 8. The predicted octanol–water partition coefficient (Wildman–Crippen LogP) is 3.69. The third-order valence-electron chi connectivity index (χ3n) is 4.52. The molecule has 2 aromatic rings. The van der Waals surface area contributed by atoms with Gasteiger partial charge in [-0.2, -0.15) is 4.31 Å². The van der Waals surface area contributed by atoms with Crippen LogP contribution in [-0.4, -0.2) is 41.5 Å². The van der Waals surface area contributed by atoms with Gasteiger partial charge in [0.25, 0.3) is 0 Å². The molecule has 0 amide bonds. The summed E-state index contributed by atoms with van der Waals surface area (Å²) in [4.78, 5) is 11.9. The number of hydrogen-bond donors (Lipinski definition) is 2. The topological polar surface area (TPSA) is 94.9 Å². The Kier molecular flexibility index (Phi) is 6.49. The number of phenolic OH excluding ortho intramolecular Hbond substituents is 1. The van der Waals surface area contributed by atoms with Crippen LogP contribution in [0.15, 0.2) is 41.3 Å². The summed E-state index contributed by atoms with van der Waals surface area (Å²) >= 11 is 0. The lowest BCUT2D eigenvalue weighted by Crippen LogP contribution is -2.48. The Bertz CT molecular complexity index is 921. The van der Waals surface area contributed by atoms with Crippen LogP contribution >= 0.6 is 0 Å². The van der Waals surface area contributed by atoms with E-state index in [2.05, 4.69) is 0 Å². The number of benzene rings is 2. The van der Waals surface area contributed by atoms with E-state index in [1.165, 1.54) is 18.2 Å². The molecule has 0 aromatic heterocycles. The van der Waals surface area contributed by atoms with Crippen molar-refractivity contribution in [3.05, 3.63) is 36.4 Å². The predicted molar refractivity (Wildman–Crippen MR) is 105 cm³/mol. The highest BCUT2D eigenvalue weighted by Gasteiger charge is 2.37. The molecule has 0 radical (unpaired) electrons. The summed E-state index contributed by atoms with van der Waals surface area (Å²) in [6.07, 6.45) is 0.567. The number of phenols is 1. The second-order valence-electron chi connectivity index (χ2n) is 7.52. The van der Waals surface area contributed by atoms with Crippen molar-refractivity contribution in [1.29, 1.82) is 0 Å². The molecule has 0 bridgehead atoms. The van der Waals surface area contributed by atoms with Crippen molar-refractivity contribution in [3.8, 4) is 5.75 Å². The van der Waals surface area contributed by atoms with Gasteiger partial charge in [0.05, 0.1) is 4.90 Å². The lowest BCUT2D eigenvalue weighted by Gasteiger charge is -2.31. The first-order valence-corrected chi connectivity index (χ1v) is 10.5. The largest absolute Gasteiger partial charge is 0.508 e. The number of carbonyl (C=O) groups is 1. The fraction of sp³-hybridized carbons (Fsp3) is 0.450. The van der Waals surface area contributed by atoms with Crippen LogP contribution in [-0.2, 0) is 14.8 Å². The zero-order chi connectivity index (χ0) is 20.4. The van der Waals surface area contributed by atoms with Crippen LogP contribution in [0, 0.1) is 11.8 Å². The minimum absolute atomic E-state index is 0.0522.